The van der Waals surface area contributed by atoms with E-state index in [1.165, 1.54) is 141 Å². The maximum atomic E-state index is 2.49. The van der Waals surface area contributed by atoms with E-state index in [2.05, 4.69) is 255 Å². The molecule has 0 N–H and O–H groups in total. The van der Waals surface area contributed by atoms with Crippen LogP contribution in [-0.4, -0.2) is 0 Å². The molecule has 1 aromatic heterocycles. The summed E-state index contributed by atoms with van der Waals surface area (Å²) in [6.07, 6.45) is 0. The second-order valence-corrected chi connectivity index (χ2v) is 19.4. The summed E-state index contributed by atoms with van der Waals surface area (Å²) in [6, 6.07) is 94.9. The van der Waals surface area contributed by atoms with Gasteiger partial charge in [0.25, 0.3) is 0 Å². The zero-order chi connectivity index (χ0) is 45.4. The smallest absolute Gasteiger partial charge is 0.0349 e. The predicted molar refractivity (Wildman–Crippen MR) is 299 cm³/mol. The Labute approximate surface area is 404 Å². The van der Waals surface area contributed by atoms with Crippen molar-refractivity contribution in [3.8, 4) is 65.4 Å². The molecule has 0 nitrogen and oxygen atoms in total. The topological polar surface area (TPSA) is 0 Å². The number of fused-ring (bicyclic) bond motifs is 7. The van der Waals surface area contributed by atoms with Crippen molar-refractivity contribution < 1.29 is 0 Å². The molecule has 320 valence electrons. The summed E-state index contributed by atoms with van der Waals surface area (Å²) in [5.41, 5.74) is 12.4. The van der Waals surface area contributed by atoms with Gasteiger partial charge < -0.3 is 0 Å². The second-order valence-electron chi connectivity index (χ2n) is 18.3. The largest absolute Gasteiger partial charge is 0.135 e. The Morgan fingerprint density at radius 3 is 0.957 bits per heavy atom. The molecule has 0 atom stereocenters. The molecule has 0 unspecified atom stereocenters. The van der Waals surface area contributed by atoms with Crippen LogP contribution in [0.5, 0.6) is 0 Å². The highest BCUT2D eigenvalue weighted by Crippen LogP contribution is 2.49. The van der Waals surface area contributed by atoms with E-state index >= 15 is 0 Å². The fourth-order valence-electron chi connectivity index (χ4n) is 11.2. The molecule has 13 aromatic carbocycles. The van der Waals surface area contributed by atoms with E-state index in [-0.39, 0.29) is 0 Å². The Bertz CT molecular complexity index is 4310. The summed E-state index contributed by atoms with van der Waals surface area (Å²) in [5.74, 6) is 0. The van der Waals surface area contributed by atoms with E-state index < -0.39 is 0 Å². The van der Waals surface area contributed by atoms with Crippen LogP contribution in [0.3, 0.4) is 0 Å². The van der Waals surface area contributed by atoms with Crippen molar-refractivity contribution in [1.29, 1.82) is 0 Å². The summed E-state index contributed by atoms with van der Waals surface area (Å²) in [7, 11) is 0. The summed E-state index contributed by atoms with van der Waals surface area (Å²) in [5, 5.41) is 17.4. The third-order valence-corrected chi connectivity index (χ3v) is 15.6. The summed E-state index contributed by atoms with van der Waals surface area (Å²) in [4.78, 5) is 2.57. The number of rotatable bonds is 6. The Morgan fingerprint density at radius 1 is 0.174 bits per heavy atom. The van der Waals surface area contributed by atoms with Gasteiger partial charge >= 0.3 is 0 Å². The molecule has 0 radical (unpaired) electrons. The highest BCUT2D eigenvalue weighted by molar-refractivity contribution is 7.18. The van der Waals surface area contributed by atoms with Gasteiger partial charge in [-0.25, -0.2) is 0 Å². The standard InChI is InChI=1S/C68H42S/c1-2-16-45(17-3-1)63-36-37-64(69-63)50-30-28-49-41-52(33-29-48(49)38-50)65-55-20-8-10-22-57(55)67(58-23-11-9-21-56(58)65)54-34-35-61-62(42-54)68(53-32-27-44-15-5-7-19-47(44)40-53)60-25-13-12-24-59(60)66(61)51-31-26-43-14-4-6-18-46(43)39-51/h1-42H. The quantitative estimate of drug-likeness (QED) is 0.146. The molecule has 0 saturated carbocycles. The lowest BCUT2D eigenvalue weighted by atomic mass is 9.82. The minimum Gasteiger partial charge on any atom is -0.135 e. The van der Waals surface area contributed by atoms with Crippen LogP contribution in [0.4, 0.5) is 0 Å². The fourth-order valence-corrected chi connectivity index (χ4v) is 12.2. The third kappa shape index (κ3) is 6.58. The van der Waals surface area contributed by atoms with Crippen LogP contribution in [0.25, 0.3) is 141 Å². The molecule has 0 spiro atoms. The van der Waals surface area contributed by atoms with E-state index in [1.54, 1.807) is 0 Å². The molecule has 0 saturated heterocycles. The average Bonchev–Trinajstić information content (AvgIpc) is 3.92. The van der Waals surface area contributed by atoms with E-state index in [1.807, 2.05) is 11.3 Å². The van der Waals surface area contributed by atoms with E-state index in [0.29, 0.717) is 0 Å². The van der Waals surface area contributed by atoms with Crippen molar-refractivity contribution in [1.82, 2.24) is 0 Å². The first kappa shape index (κ1) is 39.5. The lowest BCUT2D eigenvalue weighted by Gasteiger charge is -2.21. The normalized spacial score (nSPS) is 11.8. The van der Waals surface area contributed by atoms with E-state index in [4.69, 9.17) is 0 Å². The molecule has 1 heteroatoms. The van der Waals surface area contributed by atoms with Crippen LogP contribution in [0.2, 0.25) is 0 Å². The monoisotopic (exact) mass is 890 g/mol. The SMILES string of the molecule is c1ccc(-c2ccc(-c3ccc4cc(-c5c6ccccc6c(-c6ccc7c(-c8ccc9ccccc9c8)c8ccccc8c(-c8ccc9ccccc9c8)c7c6)c6ccccc56)ccc4c3)s2)cc1. The molecule has 0 aliphatic rings. The van der Waals surface area contributed by atoms with Gasteiger partial charge in [-0.2, -0.15) is 0 Å². The van der Waals surface area contributed by atoms with Crippen molar-refractivity contribution >= 4 is 86.7 Å². The van der Waals surface area contributed by atoms with Crippen LogP contribution in [0.15, 0.2) is 255 Å². The van der Waals surface area contributed by atoms with Crippen LogP contribution >= 0.6 is 11.3 Å². The van der Waals surface area contributed by atoms with E-state index in [0.717, 1.165) is 0 Å². The summed E-state index contributed by atoms with van der Waals surface area (Å²) >= 11 is 1.85. The Morgan fingerprint density at radius 2 is 0.478 bits per heavy atom. The first-order chi connectivity index (χ1) is 34.2. The Kier molecular flexibility index (Phi) is 9.18. The first-order valence-electron chi connectivity index (χ1n) is 23.8. The van der Waals surface area contributed by atoms with Gasteiger partial charge in [0.2, 0.25) is 0 Å². The fraction of sp³-hybridized carbons (Fsp3) is 0. The highest BCUT2D eigenvalue weighted by Gasteiger charge is 2.21. The maximum absolute atomic E-state index is 2.49. The van der Waals surface area contributed by atoms with Crippen LogP contribution in [0.1, 0.15) is 0 Å². The van der Waals surface area contributed by atoms with Crippen molar-refractivity contribution in [2.24, 2.45) is 0 Å². The predicted octanol–water partition coefficient (Wildman–Crippen LogP) is 19.8. The number of thiophene rings is 1. The van der Waals surface area contributed by atoms with Gasteiger partial charge in [-0.1, -0.05) is 212 Å². The molecule has 69 heavy (non-hydrogen) atoms. The van der Waals surface area contributed by atoms with Crippen molar-refractivity contribution in [3.63, 3.8) is 0 Å². The third-order valence-electron chi connectivity index (χ3n) is 14.4. The lowest BCUT2D eigenvalue weighted by Crippen LogP contribution is -1.94. The van der Waals surface area contributed by atoms with Crippen LogP contribution < -0.4 is 0 Å². The lowest BCUT2D eigenvalue weighted by molar-refractivity contribution is 1.66. The van der Waals surface area contributed by atoms with Gasteiger partial charge in [0.05, 0.1) is 0 Å². The molecule has 0 aliphatic carbocycles. The summed E-state index contributed by atoms with van der Waals surface area (Å²) in [6.45, 7) is 0. The molecular weight excluding hydrogens is 849 g/mol. The Balaban J connectivity index is 0.979. The minimum absolute atomic E-state index is 1.21. The highest BCUT2D eigenvalue weighted by atomic mass is 32.1. The average molecular weight is 891 g/mol. The van der Waals surface area contributed by atoms with Crippen molar-refractivity contribution in [2.75, 3.05) is 0 Å². The number of hydrogen-bond acceptors (Lipinski definition) is 1. The number of hydrogen-bond donors (Lipinski definition) is 0. The van der Waals surface area contributed by atoms with Crippen molar-refractivity contribution in [3.05, 3.63) is 255 Å². The second kappa shape index (κ2) is 16.0. The molecule has 14 aromatic rings. The van der Waals surface area contributed by atoms with Gasteiger partial charge in [0.15, 0.2) is 0 Å². The summed E-state index contributed by atoms with van der Waals surface area (Å²) < 4.78 is 0. The molecule has 0 bridgehead atoms. The van der Waals surface area contributed by atoms with Gasteiger partial charge in [-0.05, 0) is 174 Å². The molecule has 0 fully saturated rings. The molecular formula is C68H42S. The van der Waals surface area contributed by atoms with Crippen LogP contribution in [0, 0.1) is 0 Å². The minimum atomic E-state index is 1.21. The molecule has 14 rings (SSSR count). The molecule has 0 amide bonds. The zero-order valence-corrected chi connectivity index (χ0v) is 38.5. The van der Waals surface area contributed by atoms with Gasteiger partial charge in [0.1, 0.15) is 0 Å². The maximum Gasteiger partial charge on any atom is 0.0349 e. The Hall–Kier alpha value is -8.62. The van der Waals surface area contributed by atoms with Crippen molar-refractivity contribution in [2.45, 2.75) is 0 Å². The first-order valence-corrected chi connectivity index (χ1v) is 24.6. The molecule has 0 aliphatic heterocycles. The van der Waals surface area contributed by atoms with Gasteiger partial charge in [-0.3, -0.25) is 0 Å². The van der Waals surface area contributed by atoms with Crippen LogP contribution in [-0.2, 0) is 0 Å². The molecule has 1 heterocycles. The van der Waals surface area contributed by atoms with Gasteiger partial charge in [0, 0.05) is 9.75 Å². The zero-order valence-electron chi connectivity index (χ0n) is 37.7. The van der Waals surface area contributed by atoms with Gasteiger partial charge in [-0.15, -0.1) is 11.3 Å². The number of benzene rings is 13. The van der Waals surface area contributed by atoms with E-state index in [9.17, 15) is 0 Å².